The molecule has 1 amide bonds. The smallest absolute Gasteiger partial charge is 0.408 e. The molecule has 2 unspecified atom stereocenters. The average Bonchev–Trinajstić information content (AvgIpc) is 2.25. The predicted octanol–water partition coefficient (Wildman–Crippen LogP) is 3.80. The van der Waals surface area contributed by atoms with Crippen LogP contribution in [0.2, 0.25) is 0 Å². The summed E-state index contributed by atoms with van der Waals surface area (Å²) in [7, 11) is 0. The lowest BCUT2D eigenvalue weighted by Crippen LogP contribution is -2.41. The largest absolute Gasteiger partial charge is 0.439 e. The molecule has 0 aliphatic heterocycles. The highest BCUT2D eigenvalue weighted by molar-refractivity contribution is 5.67. The number of alkyl carbamates (subject to hydrolysis) is 1. The highest BCUT2D eigenvalue weighted by Gasteiger charge is 2.28. The summed E-state index contributed by atoms with van der Waals surface area (Å²) in [6, 6.07) is 0.0713. The molecule has 0 aromatic rings. The van der Waals surface area contributed by atoms with Crippen molar-refractivity contribution < 1.29 is 14.3 Å². The lowest BCUT2D eigenvalue weighted by molar-refractivity contribution is -0.104. The molecule has 0 saturated carbocycles. The van der Waals surface area contributed by atoms with E-state index < -0.39 is 0 Å². The Balaban J connectivity index is 2.71. The van der Waals surface area contributed by atoms with Crippen molar-refractivity contribution in [2.45, 2.75) is 84.2 Å². The van der Waals surface area contributed by atoms with Crippen molar-refractivity contribution in [2.24, 2.45) is 0 Å². The number of amides is 1. The molecule has 0 aromatic heterocycles. The highest BCUT2D eigenvalue weighted by Crippen LogP contribution is 2.23. The Morgan fingerprint density at radius 3 is 2.60 bits per heavy atom. The van der Waals surface area contributed by atoms with Crippen LogP contribution in [-0.2, 0) is 9.47 Å². The number of carbonyl (C=O) groups excluding carboxylic acids is 1. The Kier molecular flexibility index (Phi) is 6.53. The summed E-state index contributed by atoms with van der Waals surface area (Å²) in [5, 5.41) is 2.76. The molecule has 0 fully saturated rings. The van der Waals surface area contributed by atoms with Crippen LogP contribution in [0.1, 0.15) is 60.3 Å². The topological polar surface area (TPSA) is 47.6 Å². The molecular weight excluding hydrogens is 254 g/mol. The number of ether oxygens (including phenoxy) is 2. The third-order valence-corrected chi connectivity index (χ3v) is 2.96. The van der Waals surface area contributed by atoms with E-state index in [4.69, 9.17) is 9.47 Å². The van der Waals surface area contributed by atoms with Gasteiger partial charge in [0.15, 0.2) is 0 Å². The molecule has 1 N–H and O–H groups in total. The Morgan fingerprint density at radius 1 is 1.30 bits per heavy atom. The third kappa shape index (κ3) is 6.94. The minimum Gasteiger partial charge on any atom is -0.439 e. The highest BCUT2D eigenvalue weighted by atomic mass is 16.6. The molecule has 0 saturated heterocycles. The van der Waals surface area contributed by atoms with Gasteiger partial charge in [-0.15, -0.1) is 0 Å². The molecule has 0 bridgehead atoms. The predicted molar refractivity (Wildman–Crippen MR) is 80.8 cm³/mol. The molecule has 4 heteroatoms. The summed E-state index contributed by atoms with van der Waals surface area (Å²) >= 11 is 0. The standard InChI is InChI=1S/C16H29NO3/c1-12(2)17-15(18)19-13-10-8-6-7-9-11-14(13)20-16(3,4)5/h8,10,12-14H,6-7,9,11H2,1-5H3,(H,17,18)/b10-8+. The Hall–Kier alpha value is -1.03. The summed E-state index contributed by atoms with van der Waals surface area (Å²) in [6.07, 6.45) is 7.49. The fourth-order valence-corrected chi connectivity index (χ4v) is 2.21. The molecule has 1 aliphatic carbocycles. The van der Waals surface area contributed by atoms with E-state index in [0.29, 0.717) is 0 Å². The van der Waals surface area contributed by atoms with Gasteiger partial charge in [-0.05, 0) is 60.0 Å². The summed E-state index contributed by atoms with van der Waals surface area (Å²) in [5.41, 5.74) is -0.242. The maximum absolute atomic E-state index is 11.8. The van der Waals surface area contributed by atoms with E-state index in [9.17, 15) is 4.79 Å². The Morgan fingerprint density at radius 2 is 2.00 bits per heavy atom. The van der Waals surface area contributed by atoms with E-state index in [1.165, 1.54) is 0 Å². The molecular formula is C16H29NO3. The average molecular weight is 283 g/mol. The van der Waals surface area contributed by atoms with Gasteiger partial charge in [-0.3, -0.25) is 0 Å². The quantitative estimate of drug-likeness (QED) is 0.801. The van der Waals surface area contributed by atoms with Crippen molar-refractivity contribution in [3.8, 4) is 0 Å². The number of rotatable bonds is 3. The number of allylic oxidation sites excluding steroid dienone is 1. The molecule has 4 nitrogen and oxygen atoms in total. The SMILES string of the molecule is CC(C)NC(=O)OC1/C=C/CCCCC1OC(C)(C)C. The second-order valence-corrected chi connectivity index (χ2v) is 6.65. The Labute approximate surface area is 122 Å². The van der Waals surface area contributed by atoms with Crippen molar-refractivity contribution in [3.05, 3.63) is 12.2 Å². The molecule has 0 aromatic carbocycles. The van der Waals surface area contributed by atoms with Gasteiger partial charge in [0.2, 0.25) is 0 Å². The van der Waals surface area contributed by atoms with E-state index >= 15 is 0 Å². The maximum Gasteiger partial charge on any atom is 0.408 e. The van der Waals surface area contributed by atoms with Crippen molar-refractivity contribution >= 4 is 6.09 Å². The van der Waals surface area contributed by atoms with Crippen molar-refractivity contribution in [3.63, 3.8) is 0 Å². The van der Waals surface area contributed by atoms with Crippen LogP contribution in [0.5, 0.6) is 0 Å². The molecule has 0 radical (unpaired) electrons. The van der Waals surface area contributed by atoms with Crippen LogP contribution in [0, 0.1) is 0 Å². The summed E-state index contributed by atoms with van der Waals surface area (Å²) in [4.78, 5) is 11.8. The second-order valence-electron chi connectivity index (χ2n) is 6.65. The van der Waals surface area contributed by atoms with E-state index in [0.717, 1.165) is 25.7 Å². The fourth-order valence-electron chi connectivity index (χ4n) is 2.21. The third-order valence-electron chi connectivity index (χ3n) is 2.96. The monoisotopic (exact) mass is 283 g/mol. The van der Waals surface area contributed by atoms with Crippen LogP contribution in [0.15, 0.2) is 12.2 Å². The van der Waals surface area contributed by atoms with Crippen molar-refractivity contribution in [2.75, 3.05) is 0 Å². The molecule has 116 valence electrons. The first-order valence-corrected chi connectivity index (χ1v) is 7.59. The van der Waals surface area contributed by atoms with Crippen LogP contribution in [0.3, 0.4) is 0 Å². The van der Waals surface area contributed by atoms with E-state index in [2.05, 4.69) is 11.4 Å². The van der Waals surface area contributed by atoms with Crippen molar-refractivity contribution in [1.82, 2.24) is 5.32 Å². The zero-order valence-corrected chi connectivity index (χ0v) is 13.4. The minimum absolute atomic E-state index is 0.0713. The Bertz CT molecular complexity index is 331. The first-order valence-electron chi connectivity index (χ1n) is 7.59. The van der Waals surface area contributed by atoms with Crippen molar-refractivity contribution in [1.29, 1.82) is 0 Å². The summed E-state index contributed by atoms with van der Waals surface area (Å²) < 4.78 is 11.6. The molecule has 0 spiro atoms. The van der Waals surface area contributed by atoms with Gasteiger partial charge in [-0.25, -0.2) is 4.79 Å². The van der Waals surface area contributed by atoms with Crippen LogP contribution in [0.4, 0.5) is 4.79 Å². The van der Waals surface area contributed by atoms with Gasteiger partial charge in [-0.1, -0.05) is 12.5 Å². The van der Waals surface area contributed by atoms with Gasteiger partial charge in [0.05, 0.1) is 11.7 Å². The normalized spacial score (nSPS) is 25.7. The first kappa shape index (κ1) is 17.0. The van der Waals surface area contributed by atoms with Gasteiger partial charge in [0, 0.05) is 6.04 Å². The van der Waals surface area contributed by atoms with E-state index in [-0.39, 0.29) is 29.9 Å². The summed E-state index contributed by atoms with van der Waals surface area (Å²) in [6.45, 7) is 9.92. The zero-order valence-electron chi connectivity index (χ0n) is 13.4. The van der Waals surface area contributed by atoms with Crippen LogP contribution >= 0.6 is 0 Å². The summed E-state index contributed by atoms with van der Waals surface area (Å²) in [5.74, 6) is 0. The minimum atomic E-state index is -0.377. The first-order chi connectivity index (χ1) is 9.28. The van der Waals surface area contributed by atoms with E-state index in [1.54, 1.807) is 0 Å². The van der Waals surface area contributed by atoms with E-state index in [1.807, 2.05) is 40.7 Å². The van der Waals surface area contributed by atoms with Gasteiger partial charge in [0.1, 0.15) is 6.10 Å². The second kappa shape index (κ2) is 7.67. The molecule has 0 heterocycles. The fraction of sp³-hybridized carbons (Fsp3) is 0.812. The molecule has 20 heavy (non-hydrogen) atoms. The van der Waals surface area contributed by atoms with Crippen LogP contribution < -0.4 is 5.32 Å². The lowest BCUT2D eigenvalue weighted by atomic mass is 10.00. The lowest BCUT2D eigenvalue weighted by Gasteiger charge is -2.32. The zero-order chi connectivity index (χ0) is 15.2. The van der Waals surface area contributed by atoms with Gasteiger partial charge in [0.25, 0.3) is 0 Å². The van der Waals surface area contributed by atoms with Gasteiger partial charge >= 0.3 is 6.09 Å². The molecule has 2 atom stereocenters. The molecule has 1 rings (SSSR count). The number of carbonyl (C=O) groups is 1. The maximum atomic E-state index is 11.8. The number of nitrogens with one attached hydrogen (secondary N) is 1. The van der Waals surface area contributed by atoms with Gasteiger partial charge in [-0.2, -0.15) is 0 Å². The van der Waals surface area contributed by atoms with Crippen LogP contribution in [0.25, 0.3) is 0 Å². The van der Waals surface area contributed by atoms with Crippen LogP contribution in [-0.4, -0.2) is 29.9 Å². The van der Waals surface area contributed by atoms with Gasteiger partial charge < -0.3 is 14.8 Å². The number of hydrogen-bond acceptors (Lipinski definition) is 3. The molecule has 1 aliphatic rings. The number of hydrogen-bond donors (Lipinski definition) is 1.